The zero-order valence-corrected chi connectivity index (χ0v) is 2.21. The van der Waals surface area contributed by atoms with E-state index in [1.54, 1.807) is 0 Å². The zero-order chi connectivity index (χ0) is 4.28. The van der Waals surface area contributed by atoms with Crippen molar-refractivity contribution < 1.29 is 20.0 Å². The molecule has 0 unspecified atom stereocenters. The maximum absolute atomic E-state index is 8.90. The van der Waals surface area contributed by atoms with Crippen molar-refractivity contribution in [3.05, 3.63) is 0 Å². The number of hydrogen-bond acceptors (Lipinski definition) is 3. The molecule has 0 aliphatic carbocycles. The monoisotopic (exact) mass is 108 g/mol. The summed E-state index contributed by atoms with van der Waals surface area (Å²) in [4.78, 5) is 11.6. The minimum Gasteiger partial charge on any atom is -0.448 e. The van der Waals surface area contributed by atoms with Gasteiger partial charge in [0.25, 0.3) is 0 Å². The summed E-state index contributed by atoms with van der Waals surface area (Å²) in [7, 11) is 0. The third-order valence-corrected chi connectivity index (χ3v) is 0.0781. The lowest BCUT2D eigenvalue weighted by molar-refractivity contribution is -0.194. The molecule has 0 atom stereocenters. The topological polar surface area (TPSA) is 66.8 Å². The minimum absolute atomic E-state index is 0. The van der Waals surface area contributed by atoms with Crippen molar-refractivity contribution in [1.82, 2.24) is 0 Å². The van der Waals surface area contributed by atoms with E-state index in [0.29, 0.717) is 0 Å². The van der Waals surface area contributed by atoms with Crippen LogP contribution in [-0.2, 0) is 4.89 Å². The fraction of sp³-hybridized carbons (Fsp3) is 0. The summed E-state index contributed by atoms with van der Waals surface area (Å²) in [6, 6.07) is 0. The second-order valence-electron chi connectivity index (χ2n) is 0.357. The molecule has 0 saturated carbocycles. The molecule has 0 aliphatic rings. The molecular weight excluding hydrogens is 103 g/mol. The van der Waals surface area contributed by atoms with Gasteiger partial charge in [-0.1, -0.05) is 0 Å². The smallest absolute Gasteiger partial charge is 0.448 e. The lowest BCUT2D eigenvalue weighted by Gasteiger charge is -1.75. The van der Waals surface area contributed by atoms with Gasteiger partial charge in [0.1, 0.15) is 0 Å². The Morgan fingerprint density at radius 1 is 1.67 bits per heavy atom. The summed E-state index contributed by atoms with van der Waals surface area (Å²) in [5, 5.41) is 14.3. The van der Waals surface area contributed by atoms with E-state index in [1.807, 2.05) is 0 Å². The van der Waals surface area contributed by atoms with Crippen LogP contribution in [0.3, 0.4) is 0 Å². The van der Waals surface area contributed by atoms with Crippen molar-refractivity contribution in [2.24, 2.45) is 0 Å². The number of carbonyl (C=O) groups is 1. The van der Waals surface area contributed by atoms with Crippen LogP contribution in [0, 0.1) is 0 Å². The molecule has 0 rings (SSSR count). The molecule has 0 fully saturated rings. The summed E-state index contributed by atoms with van der Waals surface area (Å²) in [6.07, 6.45) is -1.69. The minimum atomic E-state index is -1.69. The highest BCUT2D eigenvalue weighted by molar-refractivity contribution is 5.75. The van der Waals surface area contributed by atoms with Gasteiger partial charge in [-0.15, -0.1) is 0 Å². The van der Waals surface area contributed by atoms with Gasteiger partial charge in [-0.05, 0) is 0 Å². The molecule has 0 aromatic carbocycles. The SMILES string of the molecule is O=C(O)OO.[AlH3]. The van der Waals surface area contributed by atoms with Crippen LogP contribution < -0.4 is 0 Å². The third kappa shape index (κ3) is 9.24. The highest BCUT2D eigenvalue weighted by Gasteiger charge is 1.84. The lowest BCUT2D eigenvalue weighted by atomic mass is 11.5. The molecule has 0 saturated heterocycles. The number of hydrogen-bond donors (Lipinski definition) is 2. The van der Waals surface area contributed by atoms with Crippen LogP contribution in [-0.4, -0.2) is 33.9 Å². The Hall–Kier alpha value is -0.238. The number of carboxylic acid groups (broad SMARTS) is 1. The lowest BCUT2D eigenvalue weighted by Crippen LogP contribution is -1.91. The van der Waals surface area contributed by atoms with Crippen molar-refractivity contribution in [3.8, 4) is 0 Å². The van der Waals surface area contributed by atoms with Gasteiger partial charge in [0.2, 0.25) is 0 Å². The summed E-state index contributed by atoms with van der Waals surface area (Å²) in [5.41, 5.74) is 0. The fourth-order valence-electron chi connectivity index (χ4n) is 0. The zero-order valence-electron chi connectivity index (χ0n) is 2.21. The van der Waals surface area contributed by atoms with E-state index in [0.717, 1.165) is 0 Å². The molecular formula is CH5AlO4. The molecule has 0 spiro atoms. The van der Waals surface area contributed by atoms with Crippen LogP contribution in [0.25, 0.3) is 0 Å². The molecule has 0 heterocycles. The van der Waals surface area contributed by atoms with Crippen molar-refractivity contribution in [3.63, 3.8) is 0 Å². The molecule has 0 bridgehead atoms. The number of rotatable bonds is 0. The van der Waals surface area contributed by atoms with Gasteiger partial charge in [-0.3, -0.25) is 4.89 Å². The Balaban J connectivity index is 0. The molecule has 0 radical (unpaired) electrons. The van der Waals surface area contributed by atoms with Crippen LogP contribution >= 0.6 is 0 Å². The molecule has 4 nitrogen and oxygen atoms in total. The molecule has 0 amide bonds. The van der Waals surface area contributed by atoms with E-state index < -0.39 is 6.16 Å². The average Bonchev–Trinajstić information content (AvgIpc) is 1.38. The van der Waals surface area contributed by atoms with Gasteiger partial charge in [-0.25, -0.2) is 4.79 Å². The van der Waals surface area contributed by atoms with Gasteiger partial charge in [0, 0.05) is 0 Å². The van der Waals surface area contributed by atoms with Gasteiger partial charge in [0.15, 0.2) is 17.4 Å². The van der Waals surface area contributed by atoms with E-state index in [9.17, 15) is 0 Å². The van der Waals surface area contributed by atoms with E-state index in [4.69, 9.17) is 15.2 Å². The van der Waals surface area contributed by atoms with Crippen molar-refractivity contribution >= 4 is 23.5 Å². The quantitative estimate of drug-likeness (QED) is 0.236. The molecule has 6 heavy (non-hydrogen) atoms. The first-order valence-corrected chi connectivity index (χ1v) is 0.814. The summed E-state index contributed by atoms with van der Waals surface area (Å²) >= 11 is 0. The summed E-state index contributed by atoms with van der Waals surface area (Å²) in [6.45, 7) is 0. The second kappa shape index (κ2) is 4.76. The maximum Gasteiger partial charge on any atom is 0.537 e. The third-order valence-electron chi connectivity index (χ3n) is 0.0781. The highest BCUT2D eigenvalue weighted by Crippen LogP contribution is 1.59. The summed E-state index contributed by atoms with van der Waals surface area (Å²) < 4.78 is 0. The molecule has 2 N–H and O–H groups in total. The van der Waals surface area contributed by atoms with E-state index in [-0.39, 0.29) is 17.4 Å². The van der Waals surface area contributed by atoms with Crippen LogP contribution in [0.15, 0.2) is 0 Å². The predicted octanol–water partition coefficient (Wildman–Crippen LogP) is -1.03. The Kier molecular flexibility index (Phi) is 7.33. The Morgan fingerprint density at radius 2 is 1.83 bits per heavy atom. The molecule has 5 heteroatoms. The Labute approximate surface area is 44.4 Å². The standard InChI is InChI=1S/CH2O4.Al.3H/c2-1(3)5-4;;;;/h4H,(H,2,3);;;;. The van der Waals surface area contributed by atoms with E-state index >= 15 is 0 Å². The Morgan fingerprint density at radius 3 is 1.83 bits per heavy atom. The van der Waals surface area contributed by atoms with Gasteiger partial charge in [0.05, 0.1) is 0 Å². The van der Waals surface area contributed by atoms with Crippen LogP contribution in [0.4, 0.5) is 4.79 Å². The molecule has 0 aromatic rings. The highest BCUT2D eigenvalue weighted by atomic mass is 27.0. The normalized spacial score (nSPS) is 5.50. The van der Waals surface area contributed by atoms with Crippen LogP contribution in [0.2, 0.25) is 0 Å². The molecule has 36 valence electrons. The first-order chi connectivity index (χ1) is 2.27. The van der Waals surface area contributed by atoms with Crippen LogP contribution in [0.5, 0.6) is 0 Å². The van der Waals surface area contributed by atoms with E-state index in [2.05, 4.69) is 4.89 Å². The van der Waals surface area contributed by atoms with Crippen LogP contribution in [0.1, 0.15) is 0 Å². The molecule has 0 aromatic heterocycles. The summed E-state index contributed by atoms with van der Waals surface area (Å²) in [5.74, 6) is 0. The average molecular weight is 108 g/mol. The van der Waals surface area contributed by atoms with Crippen molar-refractivity contribution in [2.45, 2.75) is 0 Å². The van der Waals surface area contributed by atoms with Gasteiger partial charge in [-0.2, -0.15) is 5.26 Å². The van der Waals surface area contributed by atoms with Crippen molar-refractivity contribution in [1.29, 1.82) is 0 Å². The maximum atomic E-state index is 8.90. The largest absolute Gasteiger partial charge is 0.537 e. The van der Waals surface area contributed by atoms with Gasteiger partial charge >= 0.3 is 6.16 Å². The van der Waals surface area contributed by atoms with Gasteiger partial charge < -0.3 is 5.11 Å². The van der Waals surface area contributed by atoms with Crippen molar-refractivity contribution in [2.75, 3.05) is 0 Å². The second-order valence-corrected chi connectivity index (χ2v) is 0.357. The first-order valence-electron chi connectivity index (χ1n) is 0.814. The predicted molar refractivity (Wildman–Crippen MR) is 21.7 cm³/mol. The Bertz CT molecular complexity index is 42.8. The molecule has 0 aliphatic heterocycles. The van der Waals surface area contributed by atoms with E-state index in [1.165, 1.54) is 0 Å². The first kappa shape index (κ1) is 9.23. The fourth-order valence-corrected chi connectivity index (χ4v) is 0.